The molecule has 0 radical (unpaired) electrons. The van der Waals surface area contributed by atoms with Crippen molar-refractivity contribution in [3.63, 3.8) is 0 Å². The summed E-state index contributed by atoms with van der Waals surface area (Å²) in [6.07, 6.45) is 8.27. The third-order valence-electron chi connectivity index (χ3n) is 3.13. The van der Waals surface area contributed by atoms with Crippen molar-refractivity contribution in [1.29, 1.82) is 0 Å². The molecule has 6 heteroatoms. The van der Waals surface area contributed by atoms with E-state index in [4.69, 9.17) is 4.74 Å². The Morgan fingerprint density at radius 3 is 2.54 bits per heavy atom. The quantitative estimate of drug-likeness (QED) is 0.367. The molecule has 2 amide bonds. The zero-order valence-electron chi connectivity index (χ0n) is 14.0. The molecule has 1 aromatic rings. The van der Waals surface area contributed by atoms with Crippen molar-refractivity contribution in [3.8, 4) is 11.5 Å². The summed E-state index contributed by atoms with van der Waals surface area (Å²) in [6.45, 7) is 2.68. The van der Waals surface area contributed by atoms with Gasteiger partial charge in [-0.15, -0.1) is 0 Å². The first kappa shape index (κ1) is 19.3. The summed E-state index contributed by atoms with van der Waals surface area (Å²) in [4.78, 5) is 22.3. The first-order valence-electron chi connectivity index (χ1n) is 7.77. The van der Waals surface area contributed by atoms with Gasteiger partial charge in [0.05, 0.1) is 7.11 Å². The lowest BCUT2D eigenvalue weighted by atomic mass is 10.2. The Hall–Kier alpha value is -2.76. The van der Waals surface area contributed by atoms with E-state index in [0.717, 1.165) is 18.4 Å². The van der Waals surface area contributed by atoms with Gasteiger partial charge in [0.1, 0.15) is 0 Å². The lowest BCUT2D eigenvalue weighted by Gasteiger charge is -2.03. The SMILES string of the molecule is COc1cc(C=CC=CC(=O)NCCCCNC(C)=O)ccc1O. The third-order valence-corrected chi connectivity index (χ3v) is 3.13. The van der Waals surface area contributed by atoms with Crippen LogP contribution >= 0.6 is 0 Å². The molecule has 1 rings (SSSR count). The Kier molecular flexibility index (Phi) is 8.74. The number of aromatic hydroxyl groups is 1. The van der Waals surface area contributed by atoms with E-state index in [1.807, 2.05) is 0 Å². The van der Waals surface area contributed by atoms with Crippen molar-refractivity contribution in [1.82, 2.24) is 10.6 Å². The van der Waals surface area contributed by atoms with Crippen LogP contribution in [0.4, 0.5) is 0 Å². The van der Waals surface area contributed by atoms with Crippen LogP contribution in [0.1, 0.15) is 25.3 Å². The lowest BCUT2D eigenvalue weighted by molar-refractivity contribution is -0.119. The Bertz CT molecular complexity index is 609. The Morgan fingerprint density at radius 2 is 1.88 bits per heavy atom. The minimum absolute atomic E-state index is 0.0417. The topological polar surface area (TPSA) is 87.7 Å². The summed E-state index contributed by atoms with van der Waals surface area (Å²) in [5, 5.41) is 15.0. The summed E-state index contributed by atoms with van der Waals surface area (Å²) >= 11 is 0. The highest BCUT2D eigenvalue weighted by atomic mass is 16.5. The van der Waals surface area contributed by atoms with E-state index < -0.39 is 0 Å². The molecule has 0 aliphatic carbocycles. The minimum Gasteiger partial charge on any atom is -0.504 e. The number of nitrogens with one attached hydrogen (secondary N) is 2. The molecule has 0 aromatic heterocycles. The van der Waals surface area contributed by atoms with Gasteiger partial charge in [-0.05, 0) is 30.5 Å². The smallest absolute Gasteiger partial charge is 0.243 e. The molecule has 0 bridgehead atoms. The molecular weight excluding hydrogens is 308 g/mol. The molecule has 0 heterocycles. The van der Waals surface area contributed by atoms with Gasteiger partial charge in [-0.3, -0.25) is 9.59 Å². The zero-order chi connectivity index (χ0) is 17.8. The third kappa shape index (κ3) is 8.03. The number of rotatable bonds is 9. The number of unbranched alkanes of at least 4 members (excludes halogenated alkanes) is 1. The first-order valence-corrected chi connectivity index (χ1v) is 7.77. The van der Waals surface area contributed by atoms with Crippen LogP contribution in [-0.4, -0.2) is 37.1 Å². The summed E-state index contributed by atoms with van der Waals surface area (Å²) in [5.41, 5.74) is 0.854. The van der Waals surface area contributed by atoms with Gasteiger partial charge in [0.2, 0.25) is 11.8 Å². The van der Waals surface area contributed by atoms with E-state index >= 15 is 0 Å². The Balaban J connectivity index is 2.28. The van der Waals surface area contributed by atoms with Crippen LogP contribution < -0.4 is 15.4 Å². The maximum atomic E-state index is 11.6. The van der Waals surface area contributed by atoms with Gasteiger partial charge in [-0.2, -0.15) is 0 Å². The van der Waals surface area contributed by atoms with Crippen molar-refractivity contribution in [3.05, 3.63) is 42.0 Å². The summed E-state index contributed by atoms with van der Waals surface area (Å²) in [6, 6.07) is 5.00. The highest BCUT2D eigenvalue weighted by Crippen LogP contribution is 2.26. The monoisotopic (exact) mass is 332 g/mol. The minimum atomic E-state index is -0.164. The van der Waals surface area contributed by atoms with Crippen LogP contribution in [0.15, 0.2) is 36.4 Å². The highest BCUT2D eigenvalue weighted by Gasteiger charge is 2.00. The van der Waals surface area contributed by atoms with Gasteiger partial charge in [-0.1, -0.05) is 24.3 Å². The fourth-order valence-electron chi connectivity index (χ4n) is 1.89. The van der Waals surface area contributed by atoms with E-state index in [1.54, 1.807) is 36.4 Å². The number of phenols is 1. The fraction of sp³-hybridized carbons (Fsp3) is 0.333. The summed E-state index contributed by atoms with van der Waals surface area (Å²) in [5.74, 6) is 0.281. The maximum Gasteiger partial charge on any atom is 0.243 e. The van der Waals surface area contributed by atoms with Gasteiger partial charge >= 0.3 is 0 Å². The number of carbonyl (C=O) groups is 2. The Morgan fingerprint density at radius 1 is 1.17 bits per heavy atom. The van der Waals surface area contributed by atoms with Crippen molar-refractivity contribution in [2.75, 3.05) is 20.2 Å². The Labute approximate surface area is 142 Å². The van der Waals surface area contributed by atoms with Crippen molar-refractivity contribution in [2.45, 2.75) is 19.8 Å². The molecule has 3 N–H and O–H groups in total. The first-order chi connectivity index (χ1) is 11.5. The standard InChI is InChI=1S/C18H24N2O4/c1-14(21)19-11-5-6-12-20-18(23)8-4-3-7-15-9-10-16(22)17(13-15)24-2/h3-4,7-10,13,22H,5-6,11-12H2,1-2H3,(H,19,21)(H,20,23). The number of ether oxygens (including phenoxy) is 1. The molecule has 0 aliphatic heterocycles. The molecule has 0 fully saturated rings. The molecule has 0 saturated carbocycles. The van der Waals surface area contributed by atoms with Crippen LogP contribution in [-0.2, 0) is 9.59 Å². The number of benzene rings is 1. The maximum absolute atomic E-state index is 11.6. The second-order valence-corrected chi connectivity index (χ2v) is 5.13. The second kappa shape index (κ2) is 10.9. The molecule has 24 heavy (non-hydrogen) atoms. The molecule has 1 aromatic carbocycles. The van der Waals surface area contributed by atoms with Gasteiger partial charge in [0, 0.05) is 26.1 Å². The van der Waals surface area contributed by atoms with Crippen LogP contribution in [0.2, 0.25) is 0 Å². The average Bonchev–Trinajstić information content (AvgIpc) is 2.55. The molecule has 0 atom stereocenters. The molecule has 0 spiro atoms. The van der Waals surface area contributed by atoms with E-state index in [9.17, 15) is 14.7 Å². The van der Waals surface area contributed by atoms with Crippen LogP contribution in [0.5, 0.6) is 11.5 Å². The van der Waals surface area contributed by atoms with Gasteiger partial charge < -0.3 is 20.5 Å². The van der Waals surface area contributed by atoms with Crippen LogP contribution in [0.3, 0.4) is 0 Å². The van der Waals surface area contributed by atoms with Crippen molar-refractivity contribution < 1.29 is 19.4 Å². The zero-order valence-corrected chi connectivity index (χ0v) is 14.0. The second-order valence-electron chi connectivity index (χ2n) is 5.13. The van der Waals surface area contributed by atoms with Crippen molar-refractivity contribution in [2.24, 2.45) is 0 Å². The molecule has 6 nitrogen and oxygen atoms in total. The number of amides is 2. The number of hydrogen-bond acceptors (Lipinski definition) is 4. The van der Waals surface area contributed by atoms with E-state index in [-0.39, 0.29) is 17.6 Å². The highest BCUT2D eigenvalue weighted by molar-refractivity contribution is 5.87. The average molecular weight is 332 g/mol. The van der Waals surface area contributed by atoms with Gasteiger partial charge in [0.15, 0.2) is 11.5 Å². The molecule has 130 valence electrons. The van der Waals surface area contributed by atoms with Gasteiger partial charge in [-0.25, -0.2) is 0 Å². The molecule has 0 aliphatic rings. The van der Waals surface area contributed by atoms with E-state index in [0.29, 0.717) is 18.8 Å². The van der Waals surface area contributed by atoms with Crippen molar-refractivity contribution >= 4 is 17.9 Å². The van der Waals surface area contributed by atoms with E-state index in [1.165, 1.54) is 20.1 Å². The largest absolute Gasteiger partial charge is 0.504 e. The van der Waals surface area contributed by atoms with Gasteiger partial charge in [0.25, 0.3) is 0 Å². The normalized spacial score (nSPS) is 10.9. The number of carbonyl (C=O) groups excluding carboxylic acids is 2. The van der Waals surface area contributed by atoms with E-state index in [2.05, 4.69) is 10.6 Å². The number of phenolic OH excluding ortho intramolecular Hbond substituents is 1. The number of methoxy groups -OCH3 is 1. The lowest BCUT2D eigenvalue weighted by Crippen LogP contribution is -2.24. The fourth-order valence-corrected chi connectivity index (χ4v) is 1.89. The van der Waals surface area contributed by atoms with Crippen LogP contribution in [0.25, 0.3) is 6.08 Å². The summed E-state index contributed by atoms with van der Waals surface area (Å²) in [7, 11) is 1.49. The van der Waals surface area contributed by atoms with Crippen LogP contribution in [0, 0.1) is 0 Å². The molecule has 0 saturated heterocycles. The predicted octanol–water partition coefficient (Wildman–Crippen LogP) is 2.00. The number of allylic oxidation sites excluding steroid dienone is 2. The molecular formula is C18H24N2O4. The number of hydrogen-bond donors (Lipinski definition) is 3. The predicted molar refractivity (Wildman–Crippen MR) is 93.8 cm³/mol. The summed E-state index contributed by atoms with van der Waals surface area (Å²) < 4.78 is 5.03. The molecule has 0 unspecified atom stereocenters.